The van der Waals surface area contributed by atoms with Gasteiger partial charge in [0.1, 0.15) is 5.75 Å². The van der Waals surface area contributed by atoms with Crippen LogP contribution in [0, 0.1) is 23.0 Å². The number of carbonyl (C=O) groups excluding carboxylic acids is 3. The minimum Gasteiger partial charge on any atom is -0.495 e. The highest BCUT2D eigenvalue weighted by Gasteiger charge is 2.31. The number of nitrogens with zero attached hydrogens (tertiary/aromatic N) is 2. The van der Waals surface area contributed by atoms with E-state index in [0.717, 1.165) is 5.56 Å². The number of ether oxygens (including phenoxy) is 2. The highest BCUT2D eigenvalue weighted by Crippen LogP contribution is 2.29. The van der Waals surface area contributed by atoms with E-state index < -0.39 is 28.8 Å². The first-order valence-corrected chi connectivity index (χ1v) is 10.9. The molecule has 10 heteroatoms. The zero-order valence-corrected chi connectivity index (χ0v) is 19.3. The lowest BCUT2D eigenvalue weighted by Crippen LogP contribution is -2.42. The van der Waals surface area contributed by atoms with Gasteiger partial charge >= 0.3 is 5.97 Å². The van der Waals surface area contributed by atoms with Crippen molar-refractivity contribution in [3.05, 3.63) is 63.7 Å². The average molecular weight is 469 g/mol. The fourth-order valence-electron chi connectivity index (χ4n) is 3.77. The number of esters is 1. The van der Waals surface area contributed by atoms with Gasteiger partial charge in [0, 0.05) is 30.8 Å². The molecular weight excluding hydrogens is 442 g/mol. The Morgan fingerprint density at radius 3 is 2.44 bits per heavy atom. The van der Waals surface area contributed by atoms with Crippen molar-refractivity contribution >= 4 is 29.2 Å². The molecule has 2 aromatic carbocycles. The van der Waals surface area contributed by atoms with Gasteiger partial charge in [0.05, 0.1) is 23.6 Å². The summed E-state index contributed by atoms with van der Waals surface area (Å²) < 4.78 is 10.5. The highest BCUT2D eigenvalue weighted by atomic mass is 16.6. The third kappa shape index (κ3) is 5.69. The standard InChI is InChI=1S/C24H27N3O7/c1-15-6-4-5-7-19(15)23(29)26-12-10-17(11-13-26)24(30)34-16(2)22(28)25-20-14-18(27(31)32)8-9-21(20)33-3/h4-9,14,16-17H,10-13H2,1-3H3,(H,25,28)/t16-/m0/s1. The molecule has 2 amide bonds. The molecule has 1 atom stereocenters. The summed E-state index contributed by atoms with van der Waals surface area (Å²) in [6.45, 7) is 4.14. The zero-order valence-electron chi connectivity index (χ0n) is 19.3. The molecule has 0 radical (unpaired) electrons. The molecule has 1 saturated heterocycles. The number of nitro groups is 1. The monoisotopic (exact) mass is 469 g/mol. The number of benzene rings is 2. The van der Waals surface area contributed by atoms with Gasteiger partial charge < -0.3 is 19.7 Å². The number of anilines is 1. The zero-order chi connectivity index (χ0) is 24.8. The lowest BCUT2D eigenvalue weighted by Gasteiger charge is -2.31. The van der Waals surface area contributed by atoms with Crippen LogP contribution in [0.4, 0.5) is 11.4 Å². The van der Waals surface area contributed by atoms with Gasteiger partial charge in [-0.15, -0.1) is 0 Å². The van der Waals surface area contributed by atoms with Gasteiger partial charge in [-0.25, -0.2) is 0 Å². The first kappa shape index (κ1) is 24.7. The minimum atomic E-state index is -1.12. The summed E-state index contributed by atoms with van der Waals surface area (Å²) in [5, 5.41) is 13.5. The van der Waals surface area contributed by atoms with E-state index in [4.69, 9.17) is 9.47 Å². The second-order valence-electron chi connectivity index (χ2n) is 8.09. The van der Waals surface area contributed by atoms with Crippen LogP contribution in [0.2, 0.25) is 0 Å². The second kappa shape index (κ2) is 10.8. The van der Waals surface area contributed by atoms with Crippen LogP contribution >= 0.6 is 0 Å². The van der Waals surface area contributed by atoms with Crippen molar-refractivity contribution in [2.75, 3.05) is 25.5 Å². The topological polar surface area (TPSA) is 128 Å². The van der Waals surface area contributed by atoms with Crippen LogP contribution < -0.4 is 10.1 Å². The van der Waals surface area contributed by atoms with Crippen molar-refractivity contribution in [1.82, 2.24) is 4.90 Å². The number of nitrogens with one attached hydrogen (secondary N) is 1. The molecule has 10 nitrogen and oxygen atoms in total. The molecule has 0 bridgehead atoms. The van der Waals surface area contributed by atoms with Crippen LogP contribution in [-0.2, 0) is 14.3 Å². The van der Waals surface area contributed by atoms with Gasteiger partial charge in [-0.3, -0.25) is 24.5 Å². The predicted octanol–water partition coefficient (Wildman–Crippen LogP) is 3.33. The maximum absolute atomic E-state index is 12.8. The number of methoxy groups -OCH3 is 1. The van der Waals surface area contributed by atoms with Crippen LogP contribution in [0.15, 0.2) is 42.5 Å². The Kier molecular flexibility index (Phi) is 7.83. The molecule has 180 valence electrons. The molecule has 3 rings (SSSR count). The predicted molar refractivity (Wildman–Crippen MR) is 124 cm³/mol. The number of rotatable bonds is 7. The number of aryl methyl sites for hydroxylation is 1. The number of likely N-dealkylation sites (tertiary alicyclic amines) is 1. The lowest BCUT2D eigenvalue weighted by atomic mass is 9.96. The van der Waals surface area contributed by atoms with E-state index in [1.165, 1.54) is 32.2 Å². The lowest BCUT2D eigenvalue weighted by molar-refractivity contribution is -0.384. The van der Waals surface area contributed by atoms with Crippen molar-refractivity contribution in [3.63, 3.8) is 0 Å². The van der Waals surface area contributed by atoms with Gasteiger partial charge in [0.2, 0.25) is 0 Å². The molecule has 34 heavy (non-hydrogen) atoms. The molecule has 1 heterocycles. The Hall–Kier alpha value is -3.95. The average Bonchev–Trinajstić information content (AvgIpc) is 2.83. The Morgan fingerprint density at radius 1 is 1.15 bits per heavy atom. The number of hydrogen-bond acceptors (Lipinski definition) is 7. The fraction of sp³-hybridized carbons (Fsp3) is 0.375. The van der Waals surface area contributed by atoms with Gasteiger partial charge in [-0.05, 0) is 44.4 Å². The Morgan fingerprint density at radius 2 is 1.82 bits per heavy atom. The number of piperidine rings is 1. The summed E-state index contributed by atoms with van der Waals surface area (Å²) >= 11 is 0. The van der Waals surface area contributed by atoms with Gasteiger partial charge in [-0.1, -0.05) is 18.2 Å². The summed E-state index contributed by atoms with van der Waals surface area (Å²) in [6, 6.07) is 11.2. The van der Waals surface area contributed by atoms with E-state index in [0.29, 0.717) is 31.5 Å². The molecule has 0 saturated carbocycles. The molecule has 0 aliphatic carbocycles. The third-order valence-corrected chi connectivity index (χ3v) is 5.80. The van der Waals surface area contributed by atoms with Crippen LogP contribution in [0.25, 0.3) is 0 Å². The normalized spacial score (nSPS) is 14.7. The quantitative estimate of drug-likeness (QED) is 0.374. The molecular formula is C24H27N3O7. The summed E-state index contributed by atoms with van der Waals surface area (Å²) in [5.41, 5.74) is 1.43. The first-order valence-electron chi connectivity index (χ1n) is 10.9. The summed E-state index contributed by atoms with van der Waals surface area (Å²) in [6.07, 6.45) is -0.254. The molecule has 0 aromatic heterocycles. The van der Waals surface area contributed by atoms with Crippen LogP contribution in [0.1, 0.15) is 35.7 Å². The van der Waals surface area contributed by atoms with Crippen LogP contribution in [-0.4, -0.2) is 53.9 Å². The molecule has 2 aromatic rings. The summed E-state index contributed by atoms with van der Waals surface area (Å²) in [5.74, 6) is -1.41. The van der Waals surface area contributed by atoms with Crippen molar-refractivity contribution in [3.8, 4) is 5.75 Å². The van der Waals surface area contributed by atoms with Crippen molar-refractivity contribution in [2.45, 2.75) is 32.8 Å². The number of carbonyl (C=O) groups is 3. The summed E-state index contributed by atoms with van der Waals surface area (Å²) in [4.78, 5) is 50.1. The minimum absolute atomic E-state index is 0.0661. The Balaban J connectivity index is 1.55. The van der Waals surface area contributed by atoms with E-state index in [1.807, 2.05) is 25.1 Å². The maximum atomic E-state index is 12.8. The SMILES string of the molecule is COc1ccc([N+](=O)[O-])cc1NC(=O)[C@H](C)OC(=O)C1CCN(C(=O)c2ccccc2C)CC1. The Bertz CT molecular complexity index is 1090. The van der Waals surface area contributed by atoms with Crippen LogP contribution in [0.5, 0.6) is 5.75 Å². The van der Waals surface area contributed by atoms with E-state index in [9.17, 15) is 24.5 Å². The van der Waals surface area contributed by atoms with Crippen molar-refractivity contribution in [1.29, 1.82) is 0 Å². The molecule has 0 unspecified atom stereocenters. The van der Waals surface area contributed by atoms with E-state index >= 15 is 0 Å². The van der Waals surface area contributed by atoms with E-state index in [2.05, 4.69) is 5.32 Å². The van der Waals surface area contributed by atoms with E-state index in [1.54, 1.807) is 11.0 Å². The maximum Gasteiger partial charge on any atom is 0.309 e. The van der Waals surface area contributed by atoms with Crippen molar-refractivity contribution < 1.29 is 28.8 Å². The molecule has 1 N–H and O–H groups in total. The van der Waals surface area contributed by atoms with Crippen LogP contribution in [0.3, 0.4) is 0 Å². The Labute approximate surface area is 197 Å². The third-order valence-electron chi connectivity index (χ3n) is 5.80. The highest BCUT2D eigenvalue weighted by molar-refractivity contribution is 5.97. The number of hydrogen-bond donors (Lipinski definition) is 1. The van der Waals surface area contributed by atoms with Crippen molar-refractivity contribution in [2.24, 2.45) is 5.92 Å². The largest absolute Gasteiger partial charge is 0.495 e. The molecule has 1 aliphatic rings. The van der Waals surface area contributed by atoms with Gasteiger partial charge in [0.15, 0.2) is 6.10 Å². The van der Waals surface area contributed by atoms with Gasteiger partial charge in [0.25, 0.3) is 17.5 Å². The fourth-order valence-corrected chi connectivity index (χ4v) is 3.77. The smallest absolute Gasteiger partial charge is 0.309 e. The first-order chi connectivity index (χ1) is 16.2. The van der Waals surface area contributed by atoms with E-state index in [-0.39, 0.29) is 23.0 Å². The number of non-ortho nitro benzene ring substituents is 1. The molecule has 1 aliphatic heterocycles. The molecule has 0 spiro atoms. The number of amides is 2. The van der Waals surface area contributed by atoms with Gasteiger partial charge in [-0.2, -0.15) is 0 Å². The second-order valence-corrected chi connectivity index (χ2v) is 8.09. The summed E-state index contributed by atoms with van der Waals surface area (Å²) in [7, 11) is 1.37. The number of nitro benzene ring substituents is 1. The molecule has 1 fully saturated rings.